The highest BCUT2D eigenvalue weighted by molar-refractivity contribution is 6.28. The van der Waals surface area contributed by atoms with Crippen LogP contribution in [-0.4, -0.2) is 38.7 Å². The number of pyridine rings is 1. The molecule has 2 aliphatic heterocycles. The van der Waals surface area contributed by atoms with Crippen LogP contribution in [0.4, 0.5) is 11.9 Å². The van der Waals surface area contributed by atoms with Gasteiger partial charge in [-0.05, 0) is 42.8 Å². The fourth-order valence-corrected chi connectivity index (χ4v) is 5.19. The summed E-state index contributed by atoms with van der Waals surface area (Å²) in [4.78, 5) is 27.8. The quantitative estimate of drug-likeness (QED) is 0.853. The molecular formula is C20H25ClN6O. The molecule has 8 heteroatoms. The topological polar surface area (TPSA) is 75.9 Å². The maximum atomic E-state index is 12.2. The van der Waals surface area contributed by atoms with E-state index in [1.165, 1.54) is 19.3 Å². The SMILES string of the molecule is O=c1cccc2n1CC1CC2CN(c2nc(Cl)nc(NC3CCCCC3)n2)C1. The molecule has 3 aliphatic rings. The minimum Gasteiger partial charge on any atom is -0.351 e. The Kier molecular flexibility index (Phi) is 4.70. The Balaban J connectivity index is 1.39. The Morgan fingerprint density at radius 1 is 1.04 bits per heavy atom. The van der Waals surface area contributed by atoms with Crippen LogP contribution in [0.15, 0.2) is 23.0 Å². The monoisotopic (exact) mass is 400 g/mol. The second-order valence-corrected chi connectivity index (χ2v) is 8.65. The zero-order valence-electron chi connectivity index (χ0n) is 15.9. The van der Waals surface area contributed by atoms with Crippen LogP contribution in [-0.2, 0) is 6.54 Å². The van der Waals surface area contributed by atoms with E-state index in [0.717, 1.165) is 44.6 Å². The molecule has 0 amide bonds. The highest BCUT2D eigenvalue weighted by Gasteiger charge is 2.35. The molecule has 2 aromatic heterocycles. The lowest BCUT2D eigenvalue weighted by Gasteiger charge is -2.42. The molecule has 2 fully saturated rings. The zero-order valence-corrected chi connectivity index (χ0v) is 16.6. The van der Waals surface area contributed by atoms with Gasteiger partial charge in [-0.3, -0.25) is 4.79 Å². The van der Waals surface area contributed by atoms with Crippen LogP contribution in [0.25, 0.3) is 0 Å². The second kappa shape index (κ2) is 7.35. The predicted molar refractivity (Wildman–Crippen MR) is 109 cm³/mol. The van der Waals surface area contributed by atoms with Crippen molar-refractivity contribution in [1.29, 1.82) is 0 Å². The van der Waals surface area contributed by atoms with Crippen molar-refractivity contribution in [2.75, 3.05) is 23.3 Å². The third kappa shape index (κ3) is 3.48. The van der Waals surface area contributed by atoms with Gasteiger partial charge in [-0.2, -0.15) is 15.0 Å². The summed E-state index contributed by atoms with van der Waals surface area (Å²) in [7, 11) is 0. The summed E-state index contributed by atoms with van der Waals surface area (Å²) in [6, 6.07) is 6.00. The van der Waals surface area contributed by atoms with Crippen molar-refractivity contribution < 1.29 is 0 Å². The number of halogens is 1. The minimum absolute atomic E-state index is 0.0998. The predicted octanol–water partition coefficient (Wildman–Crippen LogP) is 3.06. The Morgan fingerprint density at radius 2 is 1.89 bits per heavy atom. The Hall–Kier alpha value is -2.15. The molecule has 28 heavy (non-hydrogen) atoms. The van der Waals surface area contributed by atoms with Crippen LogP contribution in [0.5, 0.6) is 0 Å². The molecule has 1 saturated heterocycles. The van der Waals surface area contributed by atoms with Crippen molar-refractivity contribution in [3.8, 4) is 0 Å². The third-order valence-electron chi connectivity index (χ3n) is 6.30. The number of piperidine rings is 1. The number of hydrogen-bond donors (Lipinski definition) is 1. The van der Waals surface area contributed by atoms with E-state index in [1.54, 1.807) is 6.07 Å². The van der Waals surface area contributed by atoms with Gasteiger partial charge in [0.1, 0.15) is 0 Å². The molecule has 4 heterocycles. The molecular weight excluding hydrogens is 376 g/mol. The van der Waals surface area contributed by atoms with Gasteiger partial charge in [0.25, 0.3) is 5.56 Å². The molecule has 1 saturated carbocycles. The molecule has 0 spiro atoms. The first-order chi connectivity index (χ1) is 13.7. The fraction of sp³-hybridized carbons (Fsp3) is 0.600. The fourth-order valence-electron chi connectivity index (χ4n) is 5.03. The molecule has 2 unspecified atom stereocenters. The van der Waals surface area contributed by atoms with Gasteiger partial charge in [0.2, 0.25) is 17.2 Å². The summed E-state index contributed by atoms with van der Waals surface area (Å²) in [5, 5.41) is 3.69. The highest BCUT2D eigenvalue weighted by atomic mass is 35.5. The molecule has 2 atom stereocenters. The summed E-state index contributed by atoms with van der Waals surface area (Å²) in [6.45, 7) is 2.39. The number of rotatable bonds is 3. The normalized spacial score (nSPS) is 24.7. The first kappa shape index (κ1) is 17.9. The van der Waals surface area contributed by atoms with Gasteiger partial charge in [-0.25, -0.2) is 0 Å². The average Bonchev–Trinajstić information content (AvgIpc) is 2.69. The van der Waals surface area contributed by atoms with E-state index in [1.807, 2.05) is 10.6 Å². The molecule has 2 bridgehead atoms. The molecule has 0 aromatic carbocycles. The summed E-state index contributed by atoms with van der Waals surface area (Å²) >= 11 is 6.24. The van der Waals surface area contributed by atoms with E-state index in [9.17, 15) is 4.79 Å². The lowest BCUT2D eigenvalue weighted by Crippen LogP contribution is -2.47. The van der Waals surface area contributed by atoms with E-state index in [-0.39, 0.29) is 10.8 Å². The second-order valence-electron chi connectivity index (χ2n) is 8.31. The molecule has 5 rings (SSSR count). The maximum absolute atomic E-state index is 12.2. The van der Waals surface area contributed by atoms with Gasteiger partial charge >= 0.3 is 0 Å². The number of fused-ring (bicyclic) bond motifs is 4. The largest absolute Gasteiger partial charge is 0.351 e. The molecule has 1 aliphatic carbocycles. The van der Waals surface area contributed by atoms with Gasteiger partial charge in [0.05, 0.1) is 0 Å². The highest BCUT2D eigenvalue weighted by Crippen LogP contribution is 2.36. The summed E-state index contributed by atoms with van der Waals surface area (Å²) in [5.41, 5.74) is 1.22. The van der Waals surface area contributed by atoms with Gasteiger partial charge in [0, 0.05) is 43.4 Å². The molecule has 2 aromatic rings. The first-order valence-corrected chi connectivity index (χ1v) is 10.7. The molecule has 7 nitrogen and oxygen atoms in total. The number of nitrogens with zero attached hydrogens (tertiary/aromatic N) is 5. The maximum Gasteiger partial charge on any atom is 0.250 e. The lowest BCUT2D eigenvalue weighted by molar-refractivity contribution is 0.279. The first-order valence-electron chi connectivity index (χ1n) is 10.3. The van der Waals surface area contributed by atoms with Gasteiger partial charge in [0.15, 0.2) is 0 Å². The van der Waals surface area contributed by atoms with Crippen LogP contribution < -0.4 is 15.8 Å². The van der Waals surface area contributed by atoms with Crippen molar-refractivity contribution >= 4 is 23.5 Å². The van der Waals surface area contributed by atoms with Gasteiger partial charge < -0.3 is 14.8 Å². The third-order valence-corrected chi connectivity index (χ3v) is 6.47. The number of hydrogen-bond acceptors (Lipinski definition) is 6. The van der Waals surface area contributed by atoms with Crippen molar-refractivity contribution in [3.05, 3.63) is 39.5 Å². The lowest BCUT2D eigenvalue weighted by atomic mass is 9.83. The summed E-state index contributed by atoms with van der Waals surface area (Å²) in [5.74, 6) is 1.94. The summed E-state index contributed by atoms with van der Waals surface area (Å²) < 4.78 is 1.94. The summed E-state index contributed by atoms with van der Waals surface area (Å²) in [6.07, 6.45) is 7.21. The Bertz CT molecular complexity index is 925. The number of aromatic nitrogens is 4. The van der Waals surface area contributed by atoms with Crippen molar-refractivity contribution in [1.82, 2.24) is 19.5 Å². The van der Waals surface area contributed by atoms with E-state index >= 15 is 0 Å². The van der Waals surface area contributed by atoms with Crippen LogP contribution in [0.2, 0.25) is 5.28 Å². The Morgan fingerprint density at radius 3 is 2.75 bits per heavy atom. The smallest absolute Gasteiger partial charge is 0.250 e. The van der Waals surface area contributed by atoms with Crippen molar-refractivity contribution in [3.63, 3.8) is 0 Å². The number of nitrogens with one attached hydrogen (secondary N) is 1. The van der Waals surface area contributed by atoms with Crippen LogP contribution in [0.1, 0.15) is 50.1 Å². The van der Waals surface area contributed by atoms with E-state index in [0.29, 0.717) is 29.8 Å². The van der Waals surface area contributed by atoms with Crippen molar-refractivity contribution in [2.24, 2.45) is 5.92 Å². The number of anilines is 2. The zero-order chi connectivity index (χ0) is 19.1. The van der Waals surface area contributed by atoms with Gasteiger partial charge in [-0.15, -0.1) is 0 Å². The molecule has 148 valence electrons. The van der Waals surface area contributed by atoms with E-state index in [2.05, 4.69) is 26.3 Å². The average molecular weight is 401 g/mol. The van der Waals surface area contributed by atoms with Gasteiger partial charge in [-0.1, -0.05) is 25.3 Å². The van der Waals surface area contributed by atoms with Crippen molar-refractivity contribution in [2.45, 2.75) is 57.0 Å². The molecule has 0 radical (unpaired) electrons. The van der Waals surface area contributed by atoms with Crippen LogP contribution >= 0.6 is 11.6 Å². The van der Waals surface area contributed by atoms with Crippen LogP contribution in [0, 0.1) is 5.92 Å². The Labute approximate surface area is 169 Å². The van der Waals surface area contributed by atoms with E-state index in [4.69, 9.17) is 16.6 Å². The standard InChI is InChI=1S/C20H25ClN6O/c21-18-23-19(22-15-5-2-1-3-6-15)25-20(24-18)26-10-13-9-14(12-26)16-7-4-8-17(28)27(16)11-13/h4,7-8,13-15H,1-3,5-6,9-12H2,(H,22,23,24,25). The molecule has 1 N–H and O–H groups in total. The van der Waals surface area contributed by atoms with Crippen LogP contribution in [0.3, 0.4) is 0 Å². The minimum atomic E-state index is 0.0998. The van der Waals surface area contributed by atoms with E-state index < -0.39 is 0 Å².